The number of thioether (sulfide) groups is 1. The van der Waals surface area contributed by atoms with Crippen molar-refractivity contribution in [2.45, 2.75) is 30.8 Å². The topological polar surface area (TPSA) is 29.3 Å². The van der Waals surface area contributed by atoms with E-state index in [1.54, 1.807) is 12.1 Å². The maximum Gasteiger partial charge on any atom is 0.416 e. The molecule has 1 aliphatic heterocycles. The predicted molar refractivity (Wildman–Crippen MR) is 81.3 cm³/mol. The Hall–Kier alpha value is -0.720. The lowest BCUT2D eigenvalue weighted by atomic mass is 10.0. The average molecular weight is 318 g/mol. The molecule has 0 aromatic heterocycles. The molecule has 0 radical (unpaired) electrons. The van der Waals surface area contributed by atoms with Crippen molar-refractivity contribution >= 4 is 11.8 Å². The van der Waals surface area contributed by atoms with Crippen LogP contribution >= 0.6 is 11.8 Å². The number of benzene rings is 1. The highest BCUT2D eigenvalue weighted by molar-refractivity contribution is 8.00. The smallest absolute Gasteiger partial charge is 0.329 e. The molecule has 0 amide bonds. The first-order chi connectivity index (χ1) is 9.95. The molecule has 2 atom stereocenters. The molecule has 2 unspecified atom stereocenters. The van der Waals surface area contributed by atoms with Gasteiger partial charge in [-0.2, -0.15) is 24.9 Å². The predicted octanol–water partition coefficient (Wildman–Crippen LogP) is 3.53. The first-order valence-corrected chi connectivity index (χ1v) is 8.23. The quantitative estimate of drug-likeness (QED) is 0.921. The van der Waals surface area contributed by atoms with E-state index in [0.717, 1.165) is 43.0 Å². The number of rotatable bonds is 4. The highest BCUT2D eigenvalue weighted by atomic mass is 32.2. The molecular weight excluding hydrogens is 297 g/mol. The molecule has 21 heavy (non-hydrogen) atoms. The van der Waals surface area contributed by atoms with Crippen molar-refractivity contribution < 1.29 is 13.2 Å². The van der Waals surface area contributed by atoms with E-state index in [9.17, 15) is 13.2 Å². The van der Waals surface area contributed by atoms with Gasteiger partial charge in [0.2, 0.25) is 0 Å². The monoisotopic (exact) mass is 318 g/mol. The van der Waals surface area contributed by atoms with Gasteiger partial charge in [0.05, 0.1) is 5.56 Å². The van der Waals surface area contributed by atoms with E-state index in [1.165, 1.54) is 0 Å². The van der Waals surface area contributed by atoms with Gasteiger partial charge in [-0.1, -0.05) is 19.1 Å². The van der Waals surface area contributed by atoms with Crippen LogP contribution in [-0.4, -0.2) is 35.5 Å². The van der Waals surface area contributed by atoms with Gasteiger partial charge in [0.15, 0.2) is 0 Å². The van der Waals surface area contributed by atoms with Gasteiger partial charge >= 0.3 is 6.18 Å². The highest BCUT2D eigenvalue weighted by Crippen LogP contribution is 2.32. The minimum Gasteiger partial charge on any atom is -0.329 e. The maximum atomic E-state index is 12.6. The Kier molecular flexibility index (Phi) is 5.57. The number of hydrogen-bond acceptors (Lipinski definition) is 3. The number of nitrogens with zero attached hydrogens (tertiary/aromatic N) is 1. The molecule has 1 fully saturated rings. The van der Waals surface area contributed by atoms with Crippen LogP contribution < -0.4 is 5.73 Å². The first-order valence-electron chi connectivity index (χ1n) is 7.18. The first kappa shape index (κ1) is 16.6. The Bertz CT molecular complexity index is 447. The maximum absolute atomic E-state index is 12.6. The molecule has 2 nitrogen and oxygen atoms in total. The number of hydrogen-bond donors (Lipinski definition) is 1. The zero-order valence-corrected chi connectivity index (χ0v) is 12.9. The van der Waals surface area contributed by atoms with Crippen molar-refractivity contribution in [3.8, 4) is 0 Å². The normalized spacial score (nSPS) is 22.2. The van der Waals surface area contributed by atoms with Gasteiger partial charge in [-0.25, -0.2) is 0 Å². The summed E-state index contributed by atoms with van der Waals surface area (Å²) in [6.45, 7) is 4.47. The summed E-state index contributed by atoms with van der Waals surface area (Å²) < 4.78 is 37.8. The molecule has 1 saturated heterocycles. The lowest BCUT2D eigenvalue weighted by molar-refractivity contribution is -0.137. The lowest BCUT2D eigenvalue weighted by Crippen LogP contribution is -2.42. The molecule has 1 aromatic carbocycles. The van der Waals surface area contributed by atoms with Crippen LogP contribution in [0.1, 0.15) is 30.5 Å². The van der Waals surface area contributed by atoms with Crippen molar-refractivity contribution in [1.82, 2.24) is 4.90 Å². The summed E-state index contributed by atoms with van der Waals surface area (Å²) in [5.41, 5.74) is 6.13. The molecule has 0 aliphatic carbocycles. The summed E-state index contributed by atoms with van der Waals surface area (Å²) in [6.07, 6.45) is -3.18. The summed E-state index contributed by atoms with van der Waals surface area (Å²) in [4.78, 5) is 2.30. The Morgan fingerprint density at radius 3 is 2.52 bits per heavy atom. The second kappa shape index (κ2) is 7.03. The molecule has 0 spiro atoms. The van der Waals surface area contributed by atoms with Crippen molar-refractivity contribution in [3.63, 3.8) is 0 Å². The molecule has 0 saturated carbocycles. The second-order valence-corrected chi connectivity index (χ2v) is 6.68. The standard InChI is InChI=1S/C15H21F3N2S/c1-2-13-10-20(7-8-21-13)14(9-19)11-3-5-12(6-4-11)15(16,17)18/h3-6,13-14H,2,7-10,19H2,1H3. The van der Waals surface area contributed by atoms with Crippen LogP contribution in [-0.2, 0) is 6.18 Å². The molecule has 118 valence electrons. The Morgan fingerprint density at radius 1 is 1.33 bits per heavy atom. The average Bonchev–Trinajstić information content (AvgIpc) is 2.48. The van der Waals surface area contributed by atoms with E-state index in [4.69, 9.17) is 5.73 Å². The van der Waals surface area contributed by atoms with Crippen LogP contribution in [0.15, 0.2) is 24.3 Å². The van der Waals surface area contributed by atoms with E-state index in [-0.39, 0.29) is 6.04 Å². The Morgan fingerprint density at radius 2 is 2.00 bits per heavy atom. The summed E-state index contributed by atoms with van der Waals surface area (Å²) in [7, 11) is 0. The van der Waals surface area contributed by atoms with Gasteiger partial charge < -0.3 is 5.73 Å². The summed E-state index contributed by atoms with van der Waals surface area (Å²) >= 11 is 1.96. The third-order valence-corrected chi connectivity index (χ3v) is 5.28. The molecule has 0 bridgehead atoms. The summed E-state index contributed by atoms with van der Waals surface area (Å²) in [5, 5.41) is 0.585. The lowest BCUT2D eigenvalue weighted by Gasteiger charge is -2.37. The highest BCUT2D eigenvalue weighted by Gasteiger charge is 2.31. The van der Waals surface area contributed by atoms with Gasteiger partial charge in [0.25, 0.3) is 0 Å². The zero-order chi connectivity index (χ0) is 15.5. The minimum atomic E-state index is -4.29. The van der Waals surface area contributed by atoms with Gasteiger partial charge in [-0.3, -0.25) is 4.90 Å². The van der Waals surface area contributed by atoms with Crippen molar-refractivity contribution in [2.24, 2.45) is 5.73 Å². The minimum absolute atomic E-state index is 0.00207. The van der Waals surface area contributed by atoms with Gasteiger partial charge in [-0.05, 0) is 24.1 Å². The number of nitrogens with two attached hydrogens (primary N) is 1. The molecule has 1 aromatic rings. The van der Waals surface area contributed by atoms with Crippen LogP contribution in [0.25, 0.3) is 0 Å². The van der Waals surface area contributed by atoms with Crippen LogP contribution in [0.3, 0.4) is 0 Å². The Labute approximate surface area is 127 Å². The molecule has 1 aliphatic rings. The Balaban J connectivity index is 2.13. The molecule has 2 N–H and O–H groups in total. The van der Waals surface area contributed by atoms with Gasteiger partial charge in [0.1, 0.15) is 0 Å². The molecule has 6 heteroatoms. The van der Waals surface area contributed by atoms with E-state index in [1.807, 2.05) is 11.8 Å². The van der Waals surface area contributed by atoms with Gasteiger partial charge in [-0.15, -0.1) is 0 Å². The fourth-order valence-corrected chi connectivity index (χ4v) is 3.87. The van der Waals surface area contributed by atoms with Crippen molar-refractivity contribution in [3.05, 3.63) is 35.4 Å². The molecule has 2 rings (SSSR count). The molecular formula is C15H21F3N2S. The van der Waals surface area contributed by atoms with E-state index < -0.39 is 11.7 Å². The third kappa shape index (κ3) is 4.14. The summed E-state index contributed by atoms with van der Waals surface area (Å²) in [6, 6.07) is 5.41. The van der Waals surface area contributed by atoms with Gasteiger partial charge in [0, 0.05) is 36.7 Å². The second-order valence-electron chi connectivity index (χ2n) is 5.27. The van der Waals surface area contributed by atoms with Crippen molar-refractivity contribution in [1.29, 1.82) is 0 Å². The van der Waals surface area contributed by atoms with Crippen LogP contribution in [0.2, 0.25) is 0 Å². The van der Waals surface area contributed by atoms with Crippen LogP contribution in [0.4, 0.5) is 13.2 Å². The third-order valence-electron chi connectivity index (χ3n) is 3.91. The fraction of sp³-hybridized carbons (Fsp3) is 0.600. The number of halogens is 3. The fourth-order valence-electron chi connectivity index (χ4n) is 2.66. The SMILES string of the molecule is CCC1CN(C(CN)c2ccc(C(F)(F)F)cc2)CCS1. The largest absolute Gasteiger partial charge is 0.416 e. The molecule has 1 heterocycles. The van der Waals surface area contributed by atoms with E-state index in [0.29, 0.717) is 11.8 Å². The van der Waals surface area contributed by atoms with Crippen LogP contribution in [0, 0.1) is 0 Å². The van der Waals surface area contributed by atoms with E-state index >= 15 is 0 Å². The van der Waals surface area contributed by atoms with Crippen LogP contribution in [0.5, 0.6) is 0 Å². The summed E-state index contributed by atoms with van der Waals surface area (Å²) in [5.74, 6) is 1.05. The zero-order valence-electron chi connectivity index (χ0n) is 12.1. The number of alkyl halides is 3. The van der Waals surface area contributed by atoms with E-state index in [2.05, 4.69) is 11.8 Å². The van der Waals surface area contributed by atoms with Crippen molar-refractivity contribution in [2.75, 3.05) is 25.4 Å².